The molecule has 0 atom stereocenters. The van der Waals surface area contributed by atoms with Crippen molar-refractivity contribution in [2.24, 2.45) is 0 Å². The van der Waals surface area contributed by atoms with Crippen LogP contribution in [0.3, 0.4) is 0 Å². The van der Waals surface area contributed by atoms with E-state index in [1.807, 2.05) is 36.6 Å². The van der Waals surface area contributed by atoms with Crippen LogP contribution in [0.2, 0.25) is 0 Å². The lowest BCUT2D eigenvalue weighted by molar-refractivity contribution is -0.133. The van der Waals surface area contributed by atoms with Crippen LogP contribution in [-0.4, -0.2) is 52.8 Å². The van der Waals surface area contributed by atoms with Gasteiger partial charge in [-0.3, -0.25) is 9.59 Å². The fraction of sp³-hybridized carbons (Fsp3) is 0.625. The van der Waals surface area contributed by atoms with E-state index < -0.39 is 0 Å². The Morgan fingerprint density at radius 2 is 1.71 bits per heavy atom. The monoisotopic (exact) mass is 291 g/mol. The molecule has 0 saturated carbocycles. The molecule has 0 bridgehead atoms. The molecule has 0 radical (unpaired) electrons. The van der Waals surface area contributed by atoms with E-state index in [4.69, 9.17) is 0 Å². The quantitative estimate of drug-likeness (QED) is 0.920. The van der Waals surface area contributed by atoms with Crippen LogP contribution in [0.5, 0.6) is 0 Å². The van der Waals surface area contributed by atoms with Crippen molar-refractivity contribution in [1.29, 1.82) is 0 Å². The van der Waals surface area contributed by atoms with E-state index in [9.17, 15) is 9.59 Å². The Bertz CT molecular complexity index is 522. The van der Waals surface area contributed by atoms with E-state index in [1.165, 1.54) is 0 Å². The number of nitrogens with one attached hydrogen (secondary N) is 1. The van der Waals surface area contributed by atoms with Gasteiger partial charge in [-0.05, 0) is 31.9 Å². The summed E-state index contributed by atoms with van der Waals surface area (Å²) < 4.78 is 0. The molecule has 5 heteroatoms. The van der Waals surface area contributed by atoms with Gasteiger partial charge in [-0.15, -0.1) is 0 Å². The lowest BCUT2D eigenvalue weighted by atomic mass is 10.1. The maximum atomic E-state index is 12.4. The van der Waals surface area contributed by atoms with Crippen molar-refractivity contribution in [2.75, 3.05) is 26.2 Å². The van der Waals surface area contributed by atoms with Crippen molar-refractivity contribution in [3.05, 3.63) is 23.0 Å². The summed E-state index contributed by atoms with van der Waals surface area (Å²) in [6.45, 7) is 8.69. The van der Waals surface area contributed by atoms with Gasteiger partial charge in [0.1, 0.15) is 0 Å². The number of aromatic amines is 1. The molecule has 0 aromatic carbocycles. The highest BCUT2D eigenvalue weighted by molar-refractivity contribution is 5.79. The summed E-state index contributed by atoms with van der Waals surface area (Å²) in [6, 6.07) is 2.04. The van der Waals surface area contributed by atoms with Crippen molar-refractivity contribution in [3.8, 4) is 0 Å². The van der Waals surface area contributed by atoms with Gasteiger partial charge in [-0.1, -0.05) is 6.92 Å². The van der Waals surface area contributed by atoms with Crippen LogP contribution in [0.15, 0.2) is 6.07 Å². The van der Waals surface area contributed by atoms with E-state index in [-0.39, 0.29) is 11.8 Å². The molecule has 1 aliphatic heterocycles. The smallest absolute Gasteiger partial charge is 0.227 e. The Morgan fingerprint density at radius 3 is 2.24 bits per heavy atom. The summed E-state index contributed by atoms with van der Waals surface area (Å²) >= 11 is 0. The number of amides is 2. The van der Waals surface area contributed by atoms with Crippen LogP contribution in [-0.2, 0) is 16.0 Å². The second-order valence-corrected chi connectivity index (χ2v) is 5.75. The van der Waals surface area contributed by atoms with Crippen LogP contribution >= 0.6 is 0 Å². The van der Waals surface area contributed by atoms with Crippen molar-refractivity contribution in [1.82, 2.24) is 14.8 Å². The normalized spacial score (nSPS) is 16.0. The standard InChI is InChI=1S/C16H25N3O2/c1-4-15(20)18-6-5-7-19(9-8-18)16(21)11-14-10-12(2)17-13(14)3/h10,17H,4-9,11H2,1-3H3. The first-order valence-corrected chi connectivity index (χ1v) is 7.72. The lowest BCUT2D eigenvalue weighted by Crippen LogP contribution is -2.37. The van der Waals surface area contributed by atoms with Crippen molar-refractivity contribution in [3.63, 3.8) is 0 Å². The molecular formula is C16H25N3O2. The molecule has 1 N–H and O–H groups in total. The van der Waals surface area contributed by atoms with E-state index in [0.29, 0.717) is 25.9 Å². The Kier molecular flexibility index (Phi) is 5.04. The Balaban J connectivity index is 1.94. The number of hydrogen-bond donors (Lipinski definition) is 1. The number of H-pyrrole nitrogens is 1. The van der Waals surface area contributed by atoms with Gasteiger partial charge < -0.3 is 14.8 Å². The molecule has 1 aliphatic rings. The summed E-state index contributed by atoms with van der Waals surface area (Å²) in [6.07, 6.45) is 1.84. The van der Waals surface area contributed by atoms with Gasteiger partial charge in [0, 0.05) is 44.0 Å². The maximum absolute atomic E-state index is 12.4. The highest BCUT2D eigenvalue weighted by Gasteiger charge is 2.21. The molecule has 1 aromatic rings. The van der Waals surface area contributed by atoms with Gasteiger partial charge in [0.15, 0.2) is 0 Å². The Labute approximate surface area is 126 Å². The third kappa shape index (κ3) is 3.86. The average Bonchev–Trinajstić information content (AvgIpc) is 2.68. The van der Waals surface area contributed by atoms with Gasteiger partial charge in [-0.25, -0.2) is 0 Å². The summed E-state index contributed by atoms with van der Waals surface area (Å²) in [5.41, 5.74) is 3.23. The number of aromatic nitrogens is 1. The number of hydrogen-bond acceptors (Lipinski definition) is 2. The van der Waals surface area contributed by atoms with E-state index in [2.05, 4.69) is 4.98 Å². The fourth-order valence-corrected chi connectivity index (χ4v) is 2.88. The molecule has 1 fully saturated rings. The molecule has 5 nitrogen and oxygen atoms in total. The predicted octanol–water partition coefficient (Wildman–Crippen LogP) is 1.64. The molecule has 0 aliphatic carbocycles. The third-order valence-corrected chi connectivity index (χ3v) is 4.10. The van der Waals surface area contributed by atoms with Gasteiger partial charge in [0.25, 0.3) is 0 Å². The van der Waals surface area contributed by atoms with Crippen LogP contribution in [0, 0.1) is 13.8 Å². The number of nitrogens with zero attached hydrogens (tertiary/aromatic N) is 2. The maximum Gasteiger partial charge on any atom is 0.227 e. The second kappa shape index (κ2) is 6.78. The van der Waals surface area contributed by atoms with Gasteiger partial charge in [-0.2, -0.15) is 0 Å². The topological polar surface area (TPSA) is 56.4 Å². The van der Waals surface area contributed by atoms with E-state index in [1.54, 1.807) is 0 Å². The highest BCUT2D eigenvalue weighted by atomic mass is 16.2. The number of aryl methyl sites for hydroxylation is 2. The van der Waals surface area contributed by atoms with Crippen molar-refractivity contribution >= 4 is 11.8 Å². The number of carbonyl (C=O) groups excluding carboxylic acids is 2. The van der Waals surface area contributed by atoms with E-state index >= 15 is 0 Å². The second-order valence-electron chi connectivity index (χ2n) is 5.75. The largest absolute Gasteiger partial charge is 0.362 e. The van der Waals surface area contributed by atoms with Crippen LogP contribution < -0.4 is 0 Å². The molecule has 2 heterocycles. The minimum Gasteiger partial charge on any atom is -0.362 e. The fourth-order valence-electron chi connectivity index (χ4n) is 2.88. The molecule has 1 aromatic heterocycles. The molecule has 0 spiro atoms. The first kappa shape index (κ1) is 15.6. The SMILES string of the molecule is CCC(=O)N1CCCN(C(=O)Cc2cc(C)[nH]c2C)CC1. The Hall–Kier alpha value is -1.78. The highest BCUT2D eigenvalue weighted by Crippen LogP contribution is 2.13. The molecule has 2 rings (SSSR count). The van der Waals surface area contributed by atoms with Crippen LogP contribution in [0.25, 0.3) is 0 Å². The molecule has 2 amide bonds. The van der Waals surface area contributed by atoms with Gasteiger partial charge in [0.05, 0.1) is 6.42 Å². The number of carbonyl (C=O) groups is 2. The van der Waals surface area contributed by atoms with Crippen LogP contribution in [0.1, 0.15) is 36.7 Å². The van der Waals surface area contributed by atoms with Crippen molar-refractivity contribution in [2.45, 2.75) is 40.0 Å². The zero-order valence-electron chi connectivity index (χ0n) is 13.2. The first-order chi connectivity index (χ1) is 10.0. The molecular weight excluding hydrogens is 266 g/mol. The zero-order chi connectivity index (χ0) is 15.4. The third-order valence-electron chi connectivity index (χ3n) is 4.10. The molecule has 21 heavy (non-hydrogen) atoms. The first-order valence-electron chi connectivity index (χ1n) is 7.72. The summed E-state index contributed by atoms with van der Waals surface area (Å²) in [4.78, 5) is 31.2. The summed E-state index contributed by atoms with van der Waals surface area (Å²) in [5, 5.41) is 0. The molecule has 0 unspecified atom stereocenters. The zero-order valence-corrected chi connectivity index (χ0v) is 13.2. The minimum absolute atomic E-state index is 0.155. The van der Waals surface area contributed by atoms with Crippen LogP contribution in [0.4, 0.5) is 0 Å². The summed E-state index contributed by atoms with van der Waals surface area (Å²) in [7, 11) is 0. The molecule has 1 saturated heterocycles. The van der Waals surface area contributed by atoms with E-state index in [0.717, 1.165) is 36.5 Å². The summed E-state index contributed by atoms with van der Waals surface area (Å²) in [5.74, 6) is 0.337. The lowest BCUT2D eigenvalue weighted by Gasteiger charge is -2.22. The van der Waals surface area contributed by atoms with Gasteiger partial charge in [0.2, 0.25) is 11.8 Å². The average molecular weight is 291 g/mol. The predicted molar refractivity (Wildman–Crippen MR) is 82.0 cm³/mol. The number of rotatable bonds is 3. The minimum atomic E-state index is 0.155. The molecule has 116 valence electrons. The van der Waals surface area contributed by atoms with Gasteiger partial charge >= 0.3 is 0 Å². The Morgan fingerprint density at radius 1 is 1.10 bits per heavy atom. The van der Waals surface area contributed by atoms with Crippen molar-refractivity contribution < 1.29 is 9.59 Å².